The summed E-state index contributed by atoms with van der Waals surface area (Å²) in [7, 11) is 0. The second-order valence-electron chi connectivity index (χ2n) is 2.04. The standard InChI is InChI=1S/C6H5N5S/c7-6-11-10-5(12-6)4-1-2-8-3-9-4/h1-3H,(H2,7,11). The molecule has 0 radical (unpaired) electrons. The van der Waals surface area contributed by atoms with E-state index < -0.39 is 0 Å². The molecule has 0 amide bonds. The van der Waals surface area contributed by atoms with Gasteiger partial charge >= 0.3 is 0 Å². The molecule has 2 aromatic heterocycles. The van der Waals surface area contributed by atoms with Crippen molar-refractivity contribution in [2.75, 3.05) is 5.73 Å². The Labute approximate surface area is 72.3 Å². The summed E-state index contributed by atoms with van der Waals surface area (Å²) in [6, 6.07) is 1.76. The number of nitrogens with zero attached hydrogens (tertiary/aromatic N) is 4. The molecule has 0 saturated carbocycles. The number of anilines is 1. The second kappa shape index (κ2) is 2.82. The van der Waals surface area contributed by atoms with Gasteiger partial charge in [-0.05, 0) is 6.07 Å². The maximum Gasteiger partial charge on any atom is 0.203 e. The number of aromatic nitrogens is 4. The largest absolute Gasteiger partial charge is 0.374 e. The Morgan fingerprint density at radius 2 is 2.25 bits per heavy atom. The Morgan fingerprint density at radius 1 is 1.33 bits per heavy atom. The van der Waals surface area contributed by atoms with Gasteiger partial charge in [-0.1, -0.05) is 11.3 Å². The van der Waals surface area contributed by atoms with Gasteiger partial charge in [0, 0.05) is 6.20 Å². The first kappa shape index (κ1) is 7.11. The summed E-state index contributed by atoms with van der Waals surface area (Å²) >= 11 is 1.31. The van der Waals surface area contributed by atoms with Gasteiger partial charge in [0.25, 0.3) is 0 Å². The average Bonchev–Trinajstić information content (AvgIpc) is 2.54. The molecular formula is C6H5N5S. The minimum absolute atomic E-state index is 0.448. The molecule has 0 bridgehead atoms. The van der Waals surface area contributed by atoms with Crippen molar-refractivity contribution in [1.29, 1.82) is 0 Å². The Kier molecular flexibility index (Phi) is 1.67. The van der Waals surface area contributed by atoms with Crippen LogP contribution in [0.3, 0.4) is 0 Å². The third-order valence-corrected chi connectivity index (χ3v) is 2.02. The van der Waals surface area contributed by atoms with Crippen LogP contribution in [-0.4, -0.2) is 20.2 Å². The minimum Gasteiger partial charge on any atom is -0.374 e. The molecular weight excluding hydrogens is 174 g/mol. The number of nitrogen functional groups attached to an aromatic ring is 1. The highest BCUT2D eigenvalue weighted by atomic mass is 32.1. The zero-order chi connectivity index (χ0) is 8.39. The van der Waals surface area contributed by atoms with E-state index in [-0.39, 0.29) is 0 Å². The lowest BCUT2D eigenvalue weighted by atomic mass is 10.4. The van der Waals surface area contributed by atoms with E-state index in [2.05, 4.69) is 20.2 Å². The van der Waals surface area contributed by atoms with E-state index in [0.29, 0.717) is 5.13 Å². The minimum atomic E-state index is 0.448. The first-order chi connectivity index (χ1) is 5.86. The van der Waals surface area contributed by atoms with E-state index in [1.165, 1.54) is 17.7 Å². The lowest BCUT2D eigenvalue weighted by Gasteiger charge is -1.89. The molecule has 12 heavy (non-hydrogen) atoms. The number of rotatable bonds is 1. The van der Waals surface area contributed by atoms with Gasteiger partial charge in [-0.2, -0.15) is 0 Å². The van der Waals surface area contributed by atoms with Gasteiger partial charge in [0.1, 0.15) is 12.0 Å². The Morgan fingerprint density at radius 3 is 2.83 bits per heavy atom. The zero-order valence-electron chi connectivity index (χ0n) is 6.01. The van der Waals surface area contributed by atoms with Gasteiger partial charge < -0.3 is 5.73 Å². The summed E-state index contributed by atoms with van der Waals surface area (Å²) in [6.07, 6.45) is 3.12. The van der Waals surface area contributed by atoms with Crippen molar-refractivity contribution in [1.82, 2.24) is 20.2 Å². The van der Waals surface area contributed by atoms with E-state index >= 15 is 0 Å². The van der Waals surface area contributed by atoms with Crippen LogP contribution in [0.15, 0.2) is 18.6 Å². The van der Waals surface area contributed by atoms with Gasteiger partial charge in [0.2, 0.25) is 5.13 Å². The van der Waals surface area contributed by atoms with Crippen molar-refractivity contribution in [2.45, 2.75) is 0 Å². The van der Waals surface area contributed by atoms with Gasteiger partial charge in [-0.15, -0.1) is 10.2 Å². The normalized spacial score (nSPS) is 10.0. The van der Waals surface area contributed by atoms with Gasteiger partial charge in [0.05, 0.1) is 0 Å². The predicted octanol–water partition coefficient (Wildman–Crippen LogP) is 0.577. The van der Waals surface area contributed by atoms with Crippen LogP contribution in [0.2, 0.25) is 0 Å². The van der Waals surface area contributed by atoms with Crippen molar-refractivity contribution in [3.8, 4) is 10.7 Å². The van der Waals surface area contributed by atoms with E-state index in [1.807, 2.05) is 0 Å². The Bertz CT molecular complexity index is 370. The second-order valence-corrected chi connectivity index (χ2v) is 3.05. The van der Waals surface area contributed by atoms with Crippen LogP contribution in [0, 0.1) is 0 Å². The highest BCUT2D eigenvalue weighted by Crippen LogP contribution is 2.21. The van der Waals surface area contributed by atoms with E-state index in [9.17, 15) is 0 Å². The predicted molar refractivity (Wildman–Crippen MR) is 45.3 cm³/mol. The summed E-state index contributed by atoms with van der Waals surface area (Å²) in [5.41, 5.74) is 6.17. The van der Waals surface area contributed by atoms with Crippen LogP contribution >= 0.6 is 11.3 Å². The number of hydrogen-bond donors (Lipinski definition) is 1. The van der Waals surface area contributed by atoms with Crippen molar-refractivity contribution in [2.24, 2.45) is 0 Å². The molecule has 60 valence electrons. The zero-order valence-corrected chi connectivity index (χ0v) is 6.82. The average molecular weight is 179 g/mol. The maximum absolute atomic E-state index is 5.42. The SMILES string of the molecule is Nc1nnc(-c2ccncn2)s1. The molecule has 2 N–H and O–H groups in total. The molecule has 2 rings (SSSR count). The molecule has 0 unspecified atom stereocenters. The summed E-state index contributed by atoms with van der Waals surface area (Å²) < 4.78 is 0. The maximum atomic E-state index is 5.42. The smallest absolute Gasteiger partial charge is 0.203 e. The quantitative estimate of drug-likeness (QED) is 0.692. The number of hydrogen-bond acceptors (Lipinski definition) is 6. The molecule has 0 aliphatic carbocycles. The monoisotopic (exact) mass is 179 g/mol. The van der Waals surface area contributed by atoms with Crippen LogP contribution in [0.1, 0.15) is 0 Å². The number of nitrogens with two attached hydrogens (primary N) is 1. The fraction of sp³-hybridized carbons (Fsp3) is 0. The van der Waals surface area contributed by atoms with Crippen molar-refractivity contribution in [3.63, 3.8) is 0 Å². The van der Waals surface area contributed by atoms with E-state index in [1.54, 1.807) is 12.3 Å². The van der Waals surface area contributed by atoms with Crippen LogP contribution in [0.5, 0.6) is 0 Å². The highest BCUT2D eigenvalue weighted by Gasteiger charge is 2.03. The van der Waals surface area contributed by atoms with E-state index in [4.69, 9.17) is 5.73 Å². The van der Waals surface area contributed by atoms with Crippen LogP contribution in [0.25, 0.3) is 10.7 Å². The van der Waals surface area contributed by atoms with Crippen molar-refractivity contribution < 1.29 is 0 Å². The van der Waals surface area contributed by atoms with Crippen LogP contribution in [-0.2, 0) is 0 Å². The molecule has 0 aliphatic rings. The van der Waals surface area contributed by atoms with Gasteiger partial charge in [-0.3, -0.25) is 0 Å². The van der Waals surface area contributed by atoms with Crippen LogP contribution in [0.4, 0.5) is 5.13 Å². The summed E-state index contributed by atoms with van der Waals surface area (Å²) in [6.45, 7) is 0. The Hall–Kier alpha value is -1.56. The van der Waals surface area contributed by atoms with E-state index in [0.717, 1.165) is 10.7 Å². The highest BCUT2D eigenvalue weighted by molar-refractivity contribution is 7.18. The topological polar surface area (TPSA) is 77.6 Å². The van der Waals surface area contributed by atoms with Crippen LogP contribution < -0.4 is 5.73 Å². The molecule has 2 heterocycles. The first-order valence-corrected chi connectivity index (χ1v) is 4.03. The summed E-state index contributed by atoms with van der Waals surface area (Å²) in [5.74, 6) is 0. The summed E-state index contributed by atoms with van der Waals surface area (Å²) in [4.78, 5) is 7.80. The lowest BCUT2D eigenvalue weighted by Crippen LogP contribution is -1.82. The molecule has 6 heteroatoms. The third-order valence-electron chi connectivity index (χ3n) is 1.24. The molecule has 2 aromatic rings. The molecule has 0 fully saturated rings. The molecule has 0 atom stereocenters. The lowest BCUT2D eigenvalue weighted by molar-refractivity contribution is 1.08. The summed E-state index contributed by atoms with van der Waals surface area (Å²) in [5, 5.41) is 8.68. The third kappa shape index (κ3) is 1.24. The molecule has 5 nitrogen and oxygen atoms in total. The fourth-order valence-electron chi connectivity index (χ4n) is 0.755. The van der Waals surface area contributed by atoms with Gasteiger partial charge in [-0.25, -0.2) is 9.97 Å². The Balaban J connectivity index is 2.45. The molecule has 0 saturated heterocycles. The van der Waals surface area contributed by atoms with Crippen molar-refractivity contribution >= 4 is 16.5 Å². The fourth-order valence-corrected chi connectivity index (χ4v) is 1.34. The molecule has 0 spiro atoms. The molecule has 0 aliphatic heterocycles. The first-order valence-electron chi connectivity index (χ1n) is 3.21. The molecule has 0 aromatic carbocycles. The van der Waals surface area contributed by atoms with Crippen molar-refractivity contribution in [3.05, 3.63) is 18.6 Å². The van der Waals surface area contributed by atoms with Gasteiger partial charge in [0.15, 0.2) is 5.01 Å².